The van der Waals surface area contributed by atoms with Crippen LogP contribution in [-0.2, 0) is 6.42 Å². The van der Waals surface area contributed by atoms with Crippen molar-refractivity contribution in [2.45, 2.75) is 32.5 Å². The molecule has 3 nitrogen and oxygen atoms in total. The lowest BCUT2D eigenvalue weighted by molar-refractivity contribution is 0.179. The second-order valence-corrected chi connectivity index (χ2v) is 5.39. The van der Waals surface area contributed by atoms with Gasteiger partial charge in [0.05, 0.1) is 17.7 Å². The van der Waals surface area contributed by atoms with Crippen molar-refractivity contribution in [3.8, 4) is 5.75 Å². The maximum Gasteiger partial charge on any atom is 0.119 e. The van der Waals surface area contributed by atoms with E-state index >= 15 is 0 Å². The molecule has 2 rings (SSSR count). The first kappa shape index (κ1) is 13.1. The predicted molar refractivity (Wildman–Crippen MR) is 73.0 cm³/mol. The highest BCUT2D eigenvalue weighted by molar-refractivity contribution is 7.09. The zero-order valence-electron chi connectivity index (χ0n) is 10.5. The Balaban J connectivity index is 2.00. The summed E-state index contributed by atoms with van der Waals surface area (Å²) in [5.41, 5.74) is 2.68. The van der Waals surface area contributed by atoms with E-state index in [1.54, 1.807) is 23.0 Å². The molecule has 2 aromatic rings. The molecule has 0 radical (unpaired) electrons. The molecule has 1 aromatic carbocycles. The molecular weight excluding hydrogens is 246 g/mol. The standard InChI is InChI=1S/C14H17NO2S/c1-10(2)17-12-5-3-11(4-6-12)14(16)7-13-8-15-9-18-13/h3-6,8-10,14,16H,7H2,1-2H3. The fourth-order valence-electron chi connectivity index (χ4n) is 1.69. The molecular formula is C14H17NO2S. The van der Waals surface area contributed by atoms with Crippen LogP contribution in [0.2, 0.25) is 0 Å². The number of benzene rings is 1. The van der Waals surface area contributed by atoms with Crippen molar-refractivity contribution in [3.05, 3.63) is 46.4 Å². The van der Waals surface area contributed by atoms with Crippen molar-refractivity contribution in [2.24, 2.45) is 0 Å². The minimum absolute atomic E-state index is 0.165. The Bertz CT molecular complexity index is 465. The number of thiazole rings is 1. The Hall–Kier alpha value is -1.39. The highest BCUT2D eigenvalue weighted by Crippen LogP contribution is 2.22. The summed E-state index contributed by atoms with van der Waals surface area (Å²) in [6.45, 7) is 3.99. The summed E-state index contributed by atoms with van der Waals surface area (Å²) in [4.78, 5) is 5.09. The van der Waals surface area contributed by atoms with Crippen molar-refractivity contribution in [1.82, 2.24) is 4.98 Å². The third-order valence-corrected chi connectivity index (χ3v) is 3.32. The molecule has 0 saturated heterocycles. The Labute approximate surface area is 111 Å². The van der Waals surface area contributed by atoms with Gasteiger partial charge in [0.1, 0.15) is 5.75 Å². The van der Waals surface area contributed by atoms with Crippen molar-refractivity contribution in [2.75, 3.05) is 0 Å². The van der Waals surface area contributed by atoms with Crippen LogP contribution < -0.4 is 4.74 Å². The van der Waals surface area contributed by atoms with Crippen LogP contribution in [0.3, 0.4) is 0 Å². The van der Waals surface area contributed by atoms with Gasteiger partial charge in [-0.3, -0.25) is 4.98 Å². The van der Waals surface area contributed by atoms with Crippen molar-refractivity contribution in [3.63, 3.8) is 0 Å². The van der Waals surface area contributed by atoms with Gasteiger partial charge in [0, 0.05) is 17.5 Å². The Morgan fingerprint density at radius 2 is 2.00 bits per heavy atom. The van der Waals surface area contributed by atoms with Gasteiger partial charge in [-0.15, -0.1) is 11.3 Å². The average molecular weight is 263 g/mol. The highest BCUT2D eigenvalue weighted by atomic mass is 32.1. The Morgan fingerprint density at radius 3 is 2.56 bits per heavy atom. The molecule has 1 atom stereocenters. The summed E-state index contributed by atoms with van der Waals surface area (Å²) < 4.78 is 5.57. The van der Waals surface area contributed by atoms with E-state index in [2.05, 4.69) is 4.98 Å². The van der Waals surface area contributed by atoms with E-state index in [-0.39, 0.29) is 6.10 Å². The van der Waals surface area contributed by atoms with Crippen LogP contribution in [0.4, 0.5) is 0 Å². The molecule has 96 valence electrons. The largest absolute Gasteiger partial charge is 0.491 e. The van der Waals surface area contributed by atoms with E-state index in [0.29, 0.717) is 6.42 Å². The number of ether oxygens (including phenoxy) is 1. The van der Waals surface area contributed by atoms with Gasteiger partial charge >= 0.3 is 0 Å². The van der Waals surface area contributed by atoms with Crippen LogP contribution in [0.25, 0.3) is 0 Å². The third kappa shape index (κ3) is 3.55. The van der Waals surface area contributed by atoms with Crippen LogP contribution >= 0.6 is 11.3 Å². The molecule has 0 bridgehead atoms. The SMILES string of the molecule is CC(C)Oc1ccc(C(O)Cc2cncs2)cc1. The van der Waals surface area contributed by atoms with Gasteiger partial charge in [-0.2, -0.15) is 0 Å². The van der Waals surface area contributed by atoms with Crippen LogP contribution in [0.1, 0.15) is 30.4 Å². The van der Waals surface area contributed by atoms with Gasteiger partial charge in [0.25, 0.3) is 0 Å². The lowest BCUT2D eigenvalue weighted by Crippen LogP contribution is -2.06. The van der Waals surface area contributed by atoms with Gasteiger partial charge in [-0.25, -0.2) is 0 Å². The summed E-state index contributed by atoms with van der Waals surface area (Å²) in [6, 6.07) is 7.60. The third-order valence-electron chi connectivity index (χ3n) is 2.51. The van der Waals surface area contributed by atoms with Crippen LogP contribution in [0, 0.1) is 0 Å². The number of rotatable bonds is 5. The number of aromatic nitrogens is 1. The highest BCUT2D eigenvalue weighted by Gasteiger charge is 2.10. The first-order valence-corrected chi connectivity index (χ1v) is 6.85. The van der Waals surface area contributed by atoms with Gasteiger partial charge in [0.2, 0.25) is 0 Å². The molecule has 0 aliphatic heterocycles. The minimum Gasteiger partial charge on any atom is -0.491 e. The van der Waals surface area contributed by atoms with Crippen LogP contribution in [-0.4, -0.2) is 16.2 Å². The first-order valence-electron chi connectivity index (χ1n) is 5.97. The molecule has 0 fully saturated rings. The van der Waals surface area contributed by atoms with E-state index in [1.807, 2.05) is 38.1 Å². The fourth-order valence-corrected chi connectivity index (χ4v) is 2.32. The van der Waals surface area contributed by atoms with Crippen molar-refractivity contribution < 1.29 is 9.84 Å². The summed E-state index contributed by atoms with van der Waals surface area (Å²) in [5, 5.41) is 10.1. The molecule has 0 aliphatic carbocycles. The summed E-state index contributed by atoms with van der Waals surface area (Å²) in [6.07, 6.45) is 2.08. The van der Waals surface area contributed by atoms with Gasteiger partial charge in [-0.05, 0) is 31.5 Å². The molecule has 18 heavy (non-hydrogen) atoms. The van der Waals surface area contributed by atoms with Crippen molar-refractivity contribution in [1.29, 1.82) is 0 Å². The van der Waals surface area contributed by atoms with Crippen molar-refractivity contribution >= 4 is 11.3 Å². The van der Waals surface area contributed by atoms with E-state index in [0.717, 1.165) is 16.2 Å². The van der Waals surface area contributed by atoms with Crippen LogP contribution in [0.15, 0.2) is 36.0 Å². The summed E-state index contributed by atoms with van der Waals surface area (Å²) >= 11 is 1.56. The zero-order chi connectivity index (χ0) is 13.0. The molecule has 1 N–H and O–H groups in total. The van der Waals surface area contributed by atoms with Crippen LogP contribution in [0.5, 0.6) is 5.75 Å². The molecule has 0 aliphatic rings. The summed E-state index contributed by atoms with van der Waals surface area (Å²) in [5.74, 6) is 0.832. The normalized spacial score (nSPS) is 12.7. The van der Waals surface area contributed by atoms with E-state index < -0.39 is 6.10 Å². The monoisotopic (exact) mass is 263 g/mol. The first-order chi connectivity index (χ1) is 8.65. The molecule has 0 amide bonds. The maximum absolute atomic E-state index is 10.1. The quantitative estimate of drug-likeness (QED) is 0.900. The smallest absolute Gasteiger partial charge is 0.119 e. The average Bonchev–Trinajstić information content (AvgIpc) is 2.82. The zero-order valence-corrected chi connectivity index (χ0v) is 11.4. The Morgan fingerprint density at radius 1 is 1.28 bits per heavy atom. The number of aliphatic hydroxyl groups is 1. The molecule has 0 spiro atoms. The van der Waals surface area contributed by atoms with E-state index in [9.17, 15) is 5.11 Å². The second kappa shape index (κ2) is 5.98. The van der Waals surface area contributed by atoms with Gasteiger partial charge < -0.3 is 9.84 Å². The fraction of sp³-hybridized carbons (Fsp3) is 0.357. The lowest BCUT2D eigenvalue weighted by Gasteiger charge is -2.12. The van der Waals surface area contributed by atoms with E-state index in [1.165, 1.54) is 0 Å². The van der Waals surface area contributed by atoms with Gasteiger partial charge in [-0.1, -0.05) is 12.1 Å². The molecule has 1 aromatic heterocycles. The predicted octanol–water partition coefficient (Wildman–Crippen LogP) is 3.21. The number of hydrogen-bond donors (Lipinski definition) is 1. The molecule has 1 unspecified atom stereocenters. The Kier molecular flexibility index (Phi) is 4.33. The minimum atomic E-state index is -0.487. The summed E-state index contributed by atoms with van der Waals surface area (Å²) in [7, 11) is 0. The molecule has 1 heterocycles. The topological polar surface area (TPSA) is 42.4 Å². The van der Waals surface area contributed by atoms with E-state index in [4.69, 9.17) is 4.74 Å². The number of hydrogen-bond acceptors (Lipinski definition) is 4. The second-order valence-electron chi connectivity index (χ2n) is 4.42. The molecule has 0 saturated carbocycles. The number of nitrogens with zero attached hydrogens (tertiary/aromatic N) is 1. The number of aliphatic hydroxyl groups excluding tert-OH is 1. The maximum atomic E-state index is 10.1. The molecule has 4 heteroatoms. The van der Waals surface area contributed by atoms with Gasteiger partial charge in [0.15, 0.2) is 0 Å². The lowest BCUT2D eigenvalue weighted by atomic mass is 10.1.